The van der Waals surface area contributed by atoms with Crippen molar-refractivity contribution in [3.8, 4) is 5.75 Å². The Morgan fingerprint density at radius 3 is 2.30 bits per heavy atom. The van der Waals surface area contributed by atoms with Crippen molar-refractivity contribution in [1.82, 2.24) is 4.31 Å². The maximum Gasteiger partial charge on any atom is 0.243 e. The van der Waals surface area contributed by atoms with Crippen LogP contribution in [0, 0.1) is 0 Å². The van der Waals surface area contributed by atoms with Crippen LogP contribution in [0.5, 0.6) is 5.75 Å². The standard InChI is InChI=1S/C14H14BrNO3S/c1-16(10-11-4-2-3-5-14(11)17)20(18,19)13-8-6-12(15)7-9-13/h2-9,17H,10H2,1H3. The molecule has 0 spiro atoms. The number of hydrogen-bond donors (Lipinski definition) is 1. The van der Waals surface area contributed by atoms with Crippen LogP contribution in [0.4, 0.5) is 0 Å². The predicted molar refractivity (Wildman–Crippen MR) is 80.9 cm³/mol. The maximum atomic E-state index is 12.4. The van der Waals surface area contributed by atoms with Gasteiger partial charge in [0, 0.05) is 23.6 Å². The van der Waals surface area contributed by atoms with Crippen LogP contribution in [0.25, 0.3) is 0 Å². The van der Waals surface area contributed by atoms with Crippen LogP contribution in [-0.2, 0) is 16.6 Å². The summed E-state index contributed by atoms with van der Waals surface area (Å²) in [6.45, 7) is 0.116. The molecular weight excluding hydrogens is 342 g/mol. The van der Waals surface area contributed by atoms with Gasteiger partial charge in [0.15, 0.2) is 0 Å². The second kappa shape index (κ2) is 5.95. The largest absolute Gasteiger partial charge is 0.508 e. The number of benzene rings is 2. The van der Waals surface area contributed by atoms with Crippen LogP contribution in [0.2, 0.25) is 0 Å². The van der Waals surface area contributed by atoms with Crippen LogP contribution >= 0.6 is 15.9 Å². The van der Waals surface area contributed by atoms with Crippen LogP contribution in [0.3, 0.4) is 0 Å². The molecule has 2 aromatic rings. The van der Waals surface area contributed by atoms with Gasteiger partial charge in [0.1, 0.15) is 5.75 Å². The van der Waals surface area contributed by atoms with E-state index in [1.54, 1.807) is 42.5 Å². The van der Waals surface area contributed by atoms with Gasteiger partial charge in [0.2, 0.25) is 10.0 Å². The molecule has 0 bridgehead atoms. The van der Waals surface area contributed by atoms with Crippen LogP contribution in [0.15, 0.2) is 57.9 Å². The highest BCUT2D eigenvalue weighted by atomic mass is 79.9. The monoisotopic (exact) mass is 355 g/mol. The molecule has 0 radical (unpaired) electrons. The lowest BCUT2D eigenvalue weighted by atomic mass is 10.2. The van der Waals surface area contributed by atoms with E-state index in [0.29, 0.717) is 5.56 Å². The minimum Gasteiger partial charge on any atom is -0.508 e. The normalized spacial score (nSPS) is 11.8. The van der Waals surface area contributed by atoms with E-state index in [1.807, 2.05) is 0 Å². The third-order valence-corrected chi connectivity index (χ3v) is 5.25. The van der Waals surface area contributed by atoms with Gasteiger partial charge in [-0.15, -0.1) is 0 Å². The van der Waals surface area contributed by atoms with Gasteiger partial charge >= 0.3 is 0 Å². The van der Waals surface area contributed by atoms with Gasteiger partial charge < -0.3 is 5.11 Å². The van der Waals surface area contributed by atoms with Gasteiger partial charge in [-0.05, 0) is 30.3 Å². The molecule has 6 heteroatoms. The van der Waals surface area contributed by atoms with E-state index in [0.717, 1.165) is 4.47 Å². The Morgan fingerprint density at radius 2 is 1.70 bits per heavy atom. The Labute approximate surface area is 126 Å². The highest BCUT2D eigenvalue weighted by Gasteiger charge is 2.21. The number of nitrogens with zero attached hydrogens (tertiary/aromatic N) is 1. The molecule has 0 unspecified atom stereocenters. The predicted octanol–water partition coefficient (Wildman–Crippen LogP) is 2.98. The molecule has 20 heavy (non-hydrogen) atoms. The van der Waals surface area contributed by atoms with E-state index in [9.17, 15) is 13.5 Å². The average molecular weight is 356 g/mol. The number of hydrogen-bond acceptors (Lipinski definition) is 3. The SMILES string of the molecule is CN(Cc1ccccc1O)S(=O)(=O)c1ccc(Br)cc1. The van der Waals surface area contributed by atoms with Crippen molar-refractivity contribution >= 4 is 26.0 Å². The maximum absolute atomic E-state index is 12.4. The molecule has 0 fully saturated rings. The second-order valence-electron chi connectivity index (χ2n) is 4.34. The summed E-state index contributed by atoms with van der Waals surface area (Å²) in [5, 5.41) is 9.70. The summed E-state index contributed by atoms with van der Waals surface area (Å²) in [6.07, 6.45) is 0. The fraction of sp³-hybridized carbons (Fsp3) is 0.143. The van der Waals surface area contributed by atoms with Crippen LogP contribution in [-0.4, -0.2) is 24.9 Å². The molecule has 106 valence electrons. The van der Waals surface area contributed by atoms with E-state index in [-0.39, 0.29) is 17.2 Å². The zero-order valence-corrected chi connectivity index (χ0v) is 13.2. The number of sulfonamides is 1. The quantitative estimate of drug-likeness (QED) is 0.916. The first-order chi connectivity index (χ1) is 9.41. The smallest absolute Gasteiger partial charge is 0.243 e. The van der Waals surface area contributed by atoms with Gasteiger partial charge in [-0.25, -0.2) is 8.42 Å². The number of para-hydroxylation sites is 1. The molecular formula is C14H14BrNO3S. The van der Waals surface area contributed by atoms with Crippen molar-refractivity contribution in [2.24, 2.45) is 0 Å². The molecule has 0 aliphatic carbocycles. The van der Waals surface area contributed by atoms with Crippen molar-refractivity contribution in [3.05, 3.63) is 58.6 Å². The summed E-state index contributed by atoms with van der Waals surface area (Å²) in [5.74, 6) is 0.0883. The van der Waals surface area contributed by atoms with E-state index >= 15 is 0 Å². The molecule has 0 atom stereocenters. The Balaban J connectivity index is 2.26. The summed E-state index contributed by atoms with van der Waals surface area (Å²) in [7, 11) is -2.08. The van der Waals surface area contributed by atoms with Crippen molar-refractivity contribution in [1.29, 1.82) is 0 Å². The number of rotatable bonds is 4. The topological polar surface area (TPSA) is 57.6 Å². The highest BCUT2D eigenvalue weighted by Crippen LogP contribution is 2.22. The molecule has 0 aliphatic heterocycles. The minimum atomic E-state index is -3.57. The van der Waals surface area contributed by atoms with Gasteiger partial charge in [-0.3, -0.25) is 0 Å². The van der Waals surface area contributed by atoms with E-state index < -0.39 is 10.0 Å². The average Bonchev–Trinajstić information content (AvgIpc) is 2.41. The molecule has 0 saturated carbocycles. The first-order valence-corrected chi connectivity index (χ1v) is 8.13. The summed E-state index contributed by atoms with van der Waals surface area (Å²) in [5.41, 5.74) is 0.565. The van der Waals surface area contributed by atoms with Crippen molar-refractivity contribution < 1.29 is 13.5 Å². The Bertz CT molecular complexity index is 699. The molecule has 0 aromatic heterocycles. The summed E-state index contributed by atoms with van der Waals surface area (Å²) in [4.78, 5) is 0.221. The molecule has 0 amide bonds. The lowest BCUT2D eigenvalue weighted by Gasteiger charge is -2.18. The zero-order chi connectivity index (χ0) is 14.8. The molecule has 1 N–H and O–H groups in total. The highest BCUT2D eigenvalue weighted by molar-refractivity contribution is 9.10. The Morgan fingerprint density at radius 1 is 1.10 bits per heavy atom. The third-order valence-electron chi connectivity index (χ3n) is 2.91. The van der Waals surface area contributed by atoms with Gasteiger partial charge in [-0.1, -0.05) is 34.1 Å². The van der Waals surface area contributed by atoms with E-state index in [1.165, 1.54) is 17.4 Å². The fourth-order valence-electron chi connectivity index (χ4n) is 1.76. The molecule has 4 nitrogen and oxygen atoms in total. The zero-order valence-electron chi connectivity index (χ0n) is 10.8. The van der Waals surface area contributed by atoms with Crippen molar-refractivity contribution in [2.45, 2.75) is 11.4 Å². The second-order valence-corrected chi connectivity index (χ2v) is 7.30. The lowest BCUT2D eigenvalue weighted by molar-refractivity contribution is 0.436. The Hall–Kier alpha value is -1.37. The summed E-state index contributed by atoms with van der Waals surface area (Å²) < 4.78 is 26.8. The van der Waals surface area contributed by atoms with Crippen LogP contribution < -0.4 is 0 Å². The minimum absolute atomic E-state index is 0.0883. The summed E-state index contributed by atoms with van der Waals surface area (Å²) >= 11 is 3.27. The van der Waals surface area contributed by atoms with E-state index in [2.05, 4.69) is 15.9 Å². The number of aromatic hydroxyl groups is 1. The van der Waals surface area contributed by atoms with Crippen molar-refractivity contribution in [3.63, 3.8) is 0 Å². The number of phenolic OH excluding ortho intramolecular Hbond substituents is 1. The third kappa shape index (κ3) is 3.20. The first kappa shape index (κ1) is 15.0. The van der Waals surface area contributed by atoms with Gasteiger partial charge in [-0.2, -0.15) is 4.31 Å². The van der Waals surface area contributed by atoms with E-state index in [4.69, 9.17) is 0 Å². The number of halogens is 1. The lowest BCUT2D eigenvalue weighted by Crippen LogP contribution is -2.26. The van der Waals surface area contributed by atoms with Gasteiger partial charge in [0.05, 0.1) is 4.90 Å². The Kier molecular flexibility index (Phi) is 4.47. The molecule has 2 aromatic carbocycles. The molecule has 0 heterocycles. The molecule has 0 aliphatic rings. The van der Waals surface area contributed by atoms with Gasteiger partial charge in [0.25, 0.3) is 0 Å². The summed E-state index contributed by atoms with van der Waals surface area (Å²) in [6, 6.07) is 13.1. The fourth-order valence-corrected chi connectivity index (χ4v) is 3.17. The first-order valence-electron chi connectivity index (χ1n) is 5.90. The molecule has 0 saturated heterocycles. The molecule has 2 rings (SSSR count). The van der Waals surface area contributed by atoms with Crippen molar-refractivity contribution in [2.75, 3.05) is 7.05 Å². The van der Waals surface area contributed by atoms with Crippen LogP contribution in [0.1, 0.15) is 5.56 Å². The number of phenols is 1.